The molecule has 1 unspecified atom stereocenters. The van der Waals surface area contributed by atoms with Crippen molar-refractivity contribution in [3.05, 3.63) is 10.8 Å². The predicted molar refractivity (Wildman–Crippen MR) is 62.8 cm³/mol. The maximum Gasteiger partial charge on any atom is 0.117 e. The van der Waals surface area contributed by atoms with Crippen molar-refractivity contribution in [3.8, 4) is 0 Å². The Morgan fingerprint density at radius 2 is 1.90 bits per heavy atom. The molecule has 1 atom stereocenters. The van der Waals surface area contributed by atoms with Gasteiger partial charge in [0.15, 0.2) is 0 Å². The summed E-state index contributed by atoms with van der Waals surface area (Å²) in [5.74, 6) is 0. The van der Waals surface area contributed by atoms with Gasteiger partial charge in [0.05, 0.1) is 0 Å². The average Bonchev–Trinajstić information content (AvgIpc) is 2.02. The molecule has 10 heavy (non-hydrogen) atoms. The molecule has 0 aromatic carbocycles. The van der Waals surface area contributed by atoms with Crippen LogP contribution in [0.2, 0.25) is 0 Å². The van der Waals surface area contributed by atoms with Gasteiger partial charge in [-0.05, 0) is 25.1 Å². The molecule has 0 saturated heterocycles. The number of rotatable bonds is 0. The quantitative estimate of drug-likeness (QED) is 0.606. The first-order valence-electron chi connectivity index (χ1n) is 1.97. The average molecular weight is 267 g/mol. The predicted octanol–water partition coefficient (Wildman–Crippen LogP) is 4.11. The number of hydrogen-bond donors (Lipinski definition) is 0. The molecule has 0 aliphatic carbocycles. The monoisotopic (exact) mass is 266 g/mol. The van der Waals surface area contributed by atoms with Crippen molar-refractivity contribution in [1.82, 2.24) is 0 Å². The lowest BCUT2D eigenvalue weighted by Gasteiger charge is -1.90. The zero-order chi connectivity index (χ0) is 7.23. The molecule has 0 spiro atoms. The number of hydrogen-bond acceptors (Lipinski definition) is 7. The summed E-state index contributed by atoms with van der Waals surface area (Å²) in [6.07, 6.45) is 0. The Kier molecular flexibility index (Phi) is 6.55. The van der Waals surface area contributed by atoms with Gasteiger partial charge in [-0.15, -0.1) is 0 Å². The zero-order valence-corrected chi connectivity index (χ0v) is 10.1. The second kappa shape index (κ2) is 6.50. The van der Waals surface area contributed by atoms with Crippen molar-refractivity contribution < 1.29 is 4.21 Å². The van der Waals surface area contributed by atoms with E-state index in [4.69, 9.17) is 0 Å². The zero-order valence-electron chi connectivity index (χ0n) is 4.42. The lowest BCUT2D eigenvalue weighted by molar-refractivity contribution is 0.696. The Morgan fingerprint density at radius 3 is 2.80 bits per heavy atom. The highest BCUT2D eigenvalue weighted by molar-refractivity contribution is 9.45. The molecular formula is C2H2OS7. The third-order valence-corrected chi connectivity index (χ3v) is 13.5. The largest absolute Gasteiger partial charge is 0.242 e. The van der Waals surface area contributed by atoms with Crippen LogP contribution < -0.4 is 0 Å². The van der Waals surface area contributed by atoms with E-state index >= 15 is 0 Å². The summed E-state index contributed by atoms with van der Waals surface area (Å²) < 4.78 is 10.9. The lowest BCUT2D eigenvalue weighted by Crippen LogP contribution is -1.65. The summed E-state index contributed by atoms with van der Waals surface area (Å²) in [5, 5.41) is 3.58. The molecule has 0 aromatic heterocycles. The smallest absolute Gasteiger partial charge is 0.117 e. The fraction of sp³-hybridized carbons (Fsp3) is 0. The molecule has 0 N–H and O–H groups in total. The topological polar surface area (TPSA) is 17.1 Å². The van der Waals surface area contributed by atoms with Crippen LogP contribution in [0.4, 0.5) is 0 Å². The van der Waals surface area contributed by atoms with Crippen LogP contribution in [-0.2, 0) is 9.83 Å². The van der Waals surface area contributed by atoms with E-state index in [0.29, 0.717) is 0 Å². The summed E-state index contributed by atoms with van der Waals surface area (Å²) >= 11 is 0. The normalized spacial score (nSPS) is 28.6. The van der Waals surface area contributed by atoms with Gasteiger partial charge in [0.1, 0.15) is 9.83 Å². The van der Waals surface area contributed by atoms with Gasteiger partial charge in [0.25, 0.3) is 0 Å². The highest BCUT2D eigenvalue weighted by Crippen LogP contribution is 2.54. The molecule has 0 radical (unpaired) electrons. The van der Waals surface area contributed by atoms with E-state index in [9.17, 15) is 4.21 Å². The standard InChI is InChI=1S/C2H2OS7/c3-10-2-1-4-5-6-7-8-9-10/h1-2H. The van der Waals surface area contributed by atoms with Crippen molar-refractivity contribution in [2.24, 2.45) is 0 Å². The fourth-order valence-electron chi connectivity index (χ4n) is 0.191. The minimum Gasteiger partial charge on any atom is -0.242 e. The van der Waals surface area contributed by atoms with E-state index in [-0.39, 0.29) is 0 Å². The molecule has 0 saturated carbocycles. The highest BCUT2D eigenvalue weighted by atomic mass is 33.9. The molecule has 1 heterocycles. The Hall–Kier alpha value is 1.99. The van der Waals surface area contributed by atoms with Crippen LogP contribution in [0.25, 0.3) is 0 Å². The molecule has 8 heteroatoms. The molecule has 1 aliphatic heterocycles. The van der Waals surface area contributed by atoms with Gasteiger partial charge >= 0.3 is 0 Å². The van der Waals surface area contributed by atoms with Gasteiger partial charge in [-0.25, -0.2) is 4.21 Å². The van der Waals surface area contributed by atoms with Crippen LogP contribution in [-0.4, -0.2) is 4.21 Å². The first-order valence-corrected chi connectivity index (χ1v) is 11.2. The first kappa shape index (κ1) is 10.1. The third-order valence-electron chi connectivity index (χ3n) is 0.440. The van der Waals surface area contributed by atoms with E-state index in [1.165, 1.54) is 9.83 Å². The lowest BCUT2D eigenvalue weighted by atomic mass is 11.3. The van der Waals surface area contributed by atoms with Crippen LogP contribution >= 0.6 is 59.9 Å². The van der Waals surface area contributed by atoms with Crippen LogP contribution in [0.15, 0.2) is 10.8 Å². The molecule has 0 aromatic rings. The van der Waals surface area contributed by atoms with E-state index in [2.05, 4.69) is 0 Å². The van der Waals surface area contributed by atoms with Gasteiger partial charge < -0.3 is 0 Å². The van der Waals surface area contributed by atoms with Crippen molar-refractivity contribution in [1.29, 1.82) is 0 Å². The van der Waals surface area contributed by atoms with Gasteiger partial charge in [-0.3, -0.25) is 0 Å². The van der Waals surface area contributed by atoms with Gasteiger partial charge in [0.2, 0.25) is 0 Å². The van der Waals surface area contributed by atoms with Crippen LogP contribution in [0.3, 0.4) is 0 Å². The Labute approximate surface area is 83.9 Å². The van der Waals surface area contributed by atoms with Gasteiger partial charge in [-0.2, -0.15) is 0 Å². The Morgan fingerprint density at radius 1 is 1.10 bits per heavy atom. The molecule has 0 amide bonds. The maximum absolute atomic E-state index is 10.9. The van der Waals surface area contributed by atoms with Crippen LogP contribution in [0.1, 0.15) is 0 Å². The first-order chi connectivity index (χ1) is 4.89. The minimum absolute atomic E-state index is 0.849. The van der Waals surface area contributed by atoms with Crippen molar-refractivity contribution in [3.63, 3.8) is 0 Å². The summed E-state index contributed by atoms with van der Waals surface area (Å²) in [4.78, 5) is 0. The fourth-order valence-corrected chi connectivity index (χ4v) is 14.4. The molecule has 0 bridgehead atoms. The second-order valence-corrected chi connectivity index (χ2v) is 12.6. The molecular weight excluding hydrogens is 264 g/mol. The molecule has 1 rings (SSSR count). The minimum atomic E-state index is -0.849. The summed E-state index contributed by atoms with van der Waals surface area (Å²) in [6, 6.07) is 0. The van der Waals surface area contributed by atoms with Crippen molar-refractivity contribution in [2.45, 2.75) is 0 Å². The van der Waals surface area contributed by atoms with E-state index in [1.54, 1.807) is 55.5 Å². The van der Waals surface area contributed by atoms with Crippen molar-refractivity contribution >= 4 is 69.8 Å². The van der Waals surface area contributed by atoms with Crippen LogP contribution in [0, 0.1) is 0 Å². The second-order valence-electron chi connectivity index (χ2n) is 0.969. The highest BCUT2D eigenvalue weighted by Gasteiger charge is 2.00. The summed E-state index contributed by atoms with van der Waals surface area (Å²) in [7, 11) is 8.73. The molecule has 0 fully saturated rings. The Balaban J connectivity index is 2.35. The molecule has 1 aliphatic rings. The van der Waals surface area contributed by atoms with E-state index in [1.807, 2.05) is 5.41 Å². The van der Waals surface area contributed by atoms with Crippen LogP contribution in [0.5, 0.6) is 0 Å². The van der Waals surface area contributed by atoms with Gasteiger partial charge in [-0.1, -0.05) is 10.8 Å². The third kappa shape index (κ3) is 4.78. The summed E-state index contributed by atoms with van der Waals surface area (Å²) in [5.41, 5.74) is 0. The SMILES string of the molecule is O=S1C=CSSSSSS1. The summed E-state index contributed by atoms with van der Waals surface area (Å²) in [6.45, 7) is 0. The molecule has 58 valence electrons. The van der Waals surface area contributed by atoms with Gasteiger partial charge in [0, 0.05) is 34.9 Å². The van der Waals surface area contributed by atoms with E-state index < -0.39 is 9.83 Å². The van der Waals surface area contributed by atoms with E-state index in [0.717, 1.165) is 0 Å². The molecule has 1 nitrogen and oxygen atoms in total. The Bertz CT molecular complexity index is 143. The van der Waals surface area contributed by atoms with Crippen molar-refractivity contribution in [2.75, 3.05) is 0 Å². The maximum atomic E-state index is 10.9.